The maximum atomic E-state index is 3.54. The number of fused-ring (bicyclic) bond motifs is 9. The molecule has 0 N–H and O–H groups in total. The van der Waals surface area contributed by atoms with Gasteiger partial charge in [0.25, 0.3) is 0 Å². The second kappa shape index (κ2) is 51.5. The number of hydrogen-bond donors (Lipinski definition) is 0. The van der Waals surface area contributed by atoms with E-state index in [-0.39, 0.29) is 186 Å². The Labute approximate surface area is 779 Å². The minimum atomic E-state index is -0.216. The van der Waals surface area contributed by atoms with Gasteiger partial charge in [-0.3, -0.25) is 0 Å². The van der Waals surface area contributed by atoms with E-state index in [2.05, 4.69) is 484 Å². The number of benzene rings is 9. The van der Waals surface area contributed by atoms with E-state index < -0.39 is 0 Å². The fourth-order valence-electron chi connectivity index (χ4n) is 13.9. The maximum Gasteiger partial charge on any atom is 0.0541 e. The number of rotatable bonds is 31. The third-order valence-electron chi connectivity index (χ3n) is 18.6. The van der Waals surface area contributed by atoms with Crippen molar-refractivity contribution in [3.63, 3.8) is 0 Å². The van der Waals surface area contributed by atoms with Gasteiger partial charge in [0.2, 0.25) is 0 Å². The third kappa shape index (κ3) is 26.5. The molecule has 0 saturated heterocycles. The molecule has 31 unspecified atom stereocenters. The number of nitrogens with zero attached hydrogens (tertiary/aromatic N) is 2. The first-order chi connectivity index (χ1) is 54.4. The van der Waals surface area contributed by atoms with E-state index in [0.29, 0.717) is 0 Å². The smallest absolute Gasteiger partial charge is 0.0541 e. The molecule has 0 amide bonds. The fraction of sp³-hybridized carbons (Fsp3) is 0.100. The van der Waals surface area contributed by atoms with Crippen molar-refractivity contribution in [1.29, 1.82) is 0 Å². The lowest BCUT2D eigenvalue weighted by atomic mass is 9.82. The molecule has 10 aromatic rings. The molecule has 616 valence electrons. The Hall–Kier alpha value is 15.4. The number of aromatic nitrogens is 1. The van der Waals surface area contributed by atoms with Gasteiger partial charge in [-0.15, -0.1) is 241 Å². The van der Waals surface area contributed by atoms with Crippen LogP contribution in [0.4, 0.5) is 17.1 Å². The largest absolute Gasteiger partial charge is 0.310 e. The minimum absolute atomic E-state index is 0.0581. The average molecular weight is 2490 g/mol. The van der Waals surface area contributed by atoms with Crippen molar-refractivity contribution in [2.75, 3.05) is 4.90 Å². The second-order valence-corrected chi connectivity index (χ2v) is 243. The Morgan fingerprint density at radius 3 is 0.870 bits per heavy atom. The normalized spacial score (nSPS) is 15.1. The maximum absolute atomic E-state index is 3.54. The molecule has 0 aliphatic heterocycles. The van der Waals surface area contributed by atoms with Crippen molar-refractivity contribution in [3.05, 3.63) is 229 Å². The molecule has 2 aliphatic rings. The molecule has 31 atom stereocenters. The van der Waals surface area contributed by atoms with Gasteiger partial charge in [-0.2, -0.15) is 0 Å². The quantitative estimate of drug-likeness (QED) is 0.0393. The average Bonchev–Trinajstić information content (AvgIpc) is 1.64. The predicted octanol–water partition coefficient (Wildman–Crippen LogP) is 47.1. The zero-order valence-corrected chi connectivity index (χ0v) is 117. The predicted molar refractivity (Wildman–Crippen MR) is 705 cm³/mol. The zero-order chi connectivity index (χ0) is 83.9. The van der Waals surface area contributed by atoms with Gasteiger partial charge in [0.15, 0.2) is 0 Å². The number of para-hydroxylation sites is 1. The van der Waals surface area contributed by atoms with Gasteiger partial charge in [-0.25, -0.2) is 0 Å². The summed E-state index contributed by atoms with van der Waals surface area (Å²) in [5.74, 6) is 0. The van der Waals surface area contributed by atoms with Gasteiger partial charge in [0, 0.05) is 44.4 Å². The van der Waals surface area contributed by atoms with Crippen molar-refractivity contribution >= 4 is 463 Å². The summed E-state index contributed by atoms with van der Waals surface area (Å²) in [6.07, 6.45) is 0. The Bertz CT molecular complexity index is 4680. The van der Waals surface area contributed by atoms with E-state index in [1.807, 2.05) is 0 Å². The highest BCUT2D eigenvalue weighted by Crippen LogP contribution is 3.47. The molecular weight excluding hydrogens is 2390 g/mol. The van der Waals surface area contributed by atoms with E-state index in [4.69, 9.17) is 0 Å². The Kier molecular flexibility index (Phi) is 49.6. The molecule has 1 heterocycles. The highest BCUT2D eigenvalue weighted by Gasteiger charge is 2.60. The van der Waals surface area contributed by atoms with Crippen LogP contribution in [0, 0.1) is 0 Å². The number of anilines is 3. The lowest BCUT2D eigenvalue weighted by Crippen LogP contribution is -2.16. The van der Waals surface area contributed by atoms with Crippen LogP contribution in [0.5, 0.6) is 0 Å². The van der Waals surface area contributed by atoms with Crippen molar-refractivity contribution in [1.82, 2.24) is 4.57 Å². The molecule has 2 aliphatic carbocycles. The summed E-state index contributed by atoms with van der Waals surface area (Å²) in [6, 6.07) is 76.6. The van der Waals surface area contributed by atoms with Gasteiger partial charge in [-0.1, -0.05) is 169 Å². The monoisotopic (exact) mass is 2490 g/mol. The molecule has 2 nitrogen and oxygen atoms in total. The first kappa shape index (κ1) is 111. The van der Waals surface area contributed by atoms with Crippen LogP contribution in [0.25, 0.3) is 72.0 Å². The van der Waals surface area contributed by atoms with Crippen LogP contribution in [-0.2, 0) is 10.8 Å². The first-order valence-corrected chi connectivity index (χ1v) is 130. The van der Waals surface area contributed by atoms with Crippen LogP contribution < -0.4 is 4.90 Å². The zero-order valence-electron chi connectivity index (χ0n) is 62.8. The summed E-state index contributed by atoms with van der Waals surface area (Å²) in [4.78, 5) is 2.45. The number of hydrogen-bond acceptors (Lipinski definition) is 1. The highest BCUT2D eigenvalue weighted by molar-refractivity contribution is 9.52. The molecule has 0 fully saturated rings. The van der Waals surface area contributed by atoms with Crippen LogP contribution in [0.15, 0.2) is 206 Å². The van der Waals surface area contributed by atoms with Crippen molar-refractivity contribution in [2.45, 2.75) is 38.5 Å². The van der Waals surface area contributed by atoms with Crippen molar-refractivity contribution in [3.8, 4) is 50.2 Å². The molecule has 0 radical (unpaired) electrons. The van der Waals surface area contributed by atoms with Gasteiger partial charge >= 0.3 is 0 Å². The van der Waals surface area contributed by atoms with Gasteiger partial charge in [-0.05, 0) is 314 Å². The summed E-state index contributed by atoms with van der Waals surface area (Å²) in [6.45, 7) is 5.11. The van der Waals surface area contributed by atoms with Crippen LogP contribution in [0.2, 0.25) is 0 Å². The first-order valence-electron chi connectivity index (χ1n) is 33.9. The molecule has 9 aromatic carbocycles. The lowest BCUT2D eigenvalue weighted by molar-refractivity contribution is 0.660. The summed E-state index contributed by atoms with van der Waals surface area (Å²) in [7, 11) is 95.5. The highest BCUT2D eigenvalue weighted by atomic mass is 33.6. The standard InChI is InChI=1S/C60H46N2.H55P53/c1-59(2)53-21-13-11-19-47(53)49-37-45(29-31-55(49)59)61(46-30-32-56-50(38-46)48-20-12-14-22-54(48)60(56,3)4)44-27-23-40(24-28-44)42-26-34-58-52(36-42)51-35-41(39-15-7-5-8-16-39)25-33-57(51)62(58)43-17-9-6-10-18-43;1-28-42(29(2)3)49(43(30(4)5)31(6)7)52(48(40(24)25)41(26)27)53(50(44(32(8)9)33(10)11)45(34(12)13)35(14)15)51(46(36(16)17)37(18)19)47(38(20)21)39(22)23/h5-38H,1-4H3;28H,1-27H2. The van der Waals surface area contributed by atoms with E-state index in [1.165, 1.54) is 88.6 Å². The van der Waals surface area contributed by atoms with Crippen LogP contribution in [0.1, 0.15) is 49.9 Å². The molecule has 0 spiro atoms. The Morgan fingerprint density at radius 1 is 0.252 bits per heavy atom. The van der Waals surface area contributed by atoms with Gasteiger partial charge in [0.1, 0.15) is 0 Å². The molecule has 55 heteroatoms. The van der Waals surface area contributed by atoms with E-state index >= 15 is 0 Å². The topological polar surface area (TPSA) is 8.17 Å². The lowest BCUT2D eigenvalue weighted by Gasteiger charge is -2.59. The molecular formula is C60H101N2P53. The van der Waals surface area contributed by atoms with Crippen LogP contribution in [-0.4, -0.2) is 4.57 Å². The van der Waals surface area contributed by atoms with Crippen LogP contribution in [0.3, 0.4) is 0 Å². The summed E-state index contributed by atoms with van der Waals surface area (Å²) in [5, 5.41) is 2.49. The summed E-state index contributed by atoms with van der Waals surface area (Å²) < 4.78 is 2.40. The Morgan fingerprint density at radius 2 is 0.530 bits per heavy atom. The molecule has 12 rings (SSSR count). The Balaban J connectivity index is 0.000000231. The summed E-state index contributed by atoms with van der Waals surface area (Å²) >= 11 is 0. The van der Waals surface area contributed by atoms with E-state index in [0.717, 1.165) is 30.7 Å². The second-order valence-electron chi connectivity index (χ2n) is 26.5. The molecule has 1 aromatic heterocycles. The molecule has 0 saturated carbocycles. The minimum Gasteiger partial charge on any atom is -0.310 e. The van der Waals surface area contributed by atoms with Crippen molar-refractivity contribution < 1.29 is 0 Å². The van der Waals surface area contributed by atoms with Gasteiger partial charge < -0.3 is 9.47 Å². The molecule has 115 heavy (non-hydrogen) atoms. The van der Waals surface area contributed by atoms with Crippen molar-refractivity contribution in [2.24, 2.45) is 0 Å². The van der Waals surface area contributed by atoms with Gasteiger partial charge in [0.05, 0.1) is 11.0 Å². The molecule has 0 bridgehead atoms. The summed E-state index contributed by atoms with van der Waals surface area (Å²) in [5.41, 5.74) is 22.5. The fourth-order valence-corrected chi connectivity index (χ4v) is 768. The van der Waals surface area contributed by atoms with Crippen LogP contribution >= 0.6 is 424 Å². The van der Waals surface area contributed by atoms with E-state index in [9.17, 15) is 0 Å². The van der Waals surface area contributed by atoms with E-state index in [1.54, 1.807) is 0 Å². The third-order valence-corrected chi connectivity index (χ3v) is 385. The SMILES string of the molecule is CC1(C)c2ccccc2-c2cc(N(c3ccc(-c4ccc5c(c4)c4cc(-c6ccccc6)ccc4n5-c4ccccc4)cc3)c3ccc4c(c3)-c3ccccc3C4(C)C)ccc21.PPP(P(P)P)P(P(P(P)P)P(P)P)P(P(P(P)P)P(P)P)P(P(P(P(P)P)P(P)P)P(P(P)P)P(P)P)P(P(P(P)P)P(P)P)P(P(P)P)P(P)P.